The molecule has 1 aliphatic carbocycles. The zero-order valence-corrected chi connectivity index (χ0v) is 13.9. The maximum Gasteiger partial charge on any atom is 0.107 e. The topological polar surface area (TPSA) is 28.7 Å². The van der Waals surface area contributed by atoms with E-state index in [1.54, 1.807) is 0 Å². The first kappa shape index (κ1) is 14.8. The van der Waals surface area contributed by atoms with Crippen molar-refractivity contribution in [3.63, 3.8) is 0 Å². The van der Waals surface area contributed by atoms with Crippen molar-refractivity contribution in [3.05, 3.63) is 64.9 Å². The van der Waals surface area contributed by atoms with Crippen LogP contribution in [0.5, 0.6) is 0 Å². The van der Waals surface area contributed by atoms with Crippen molar-refractivity contribution in [1.29, 1.82) is 0 Å². The highest BCUT2D eigenvalue weighted by molar-refractivity contribution is 6.31. The highest BCUT2D eigenvalue weighted by Gasteiger charge is 2.23. The molecule has 0 unspecified atom stereocenters. The molecule has 2 nitrogen and oxygen atoms in total. The number of aromatic nitrogens is 2. The van der Waals surface area contributed by atoms with Crippen molar-refractivity contribution in [2.45, 2.75) is 38.0 Å². The summed E-state index contributed by atoms with van der Waals surface area (Å²) in [6.45, 7) is 0. The number of aromatic amines is 1. The minimum Gasteiger partial charge on any atom is -0.342 e. The van der Waals surface area contributed by atoms with E-state index in [4.69, 9.17) is 16.6 Å². The lowest BCUT2D eigenvalue weighted by molar-refractivity contribution is 0.321. The van der Waals surface area contributed by atoms with Gasteiger partial charge in [0.05, 0.1) is 11.0 Å². The summed E-state index contributed by atoms with van der Waals surface area (Å²) in [6, 6.07) is 16.8. The van der Waals surface area contributed by atoms with E-state index < -0.39 is 0 Å². The van der Waals surface area contributed by atoms with Gasteiger partial charge < -0.3 is 4.98 Å². The molecule has 1 aliphatic rings. The second-order valence-electron chi connectivity index (χ2n) is 6.68. The molecule has 0 radical (unpaired) electrons. The second kappa shape index (κ2) is 6.37. The van der Waals surface area contributed by atoms with Crippen molar-refractivity contribution < 1.29 is 0 Å². The molecule has 1 heterocycles. The summed E-state index contributed by atoms with van der Waals surface area (Å²) >= 11 is 6.04. The van der Waals surface area contributed by atoms with Crippen LogP contribution in [0.3, 0.4) is 0 Å². The van der Waals surface area contributed by atoms with E-state index in [0.29, 0.717) is 0 Å². The van der Waals surface area contributed by atoms with Crippen LogP contribution < -0.4 is 0 Å². The van der Waals surface area contributed by atoms with Crippen molar-refractivity contribution in [2.24, 2.45) is 5.92 Å². The van der Waals surface area contributed by atoms with Crippen molar-refractivity contribution in [1.82, 2.24) is 9.97 Å². The number of benzene rings is 2. The third kappa shape index (κ3) is 3.28. The summed E-state index contributed by atoms with van der Waals surface area (Å²) < 4.78 is 0. The smallest absolute Gasteiger partial charge is 0.107 e. The standard InChI is InChI=1S/C20H21ClN2/c21-17-10-11-18-19(13-17)23-20(22-18)12-14-6-8-16(9-7-14)15-4-2-1-3-5-15/h1-5,10-11,13-14,16H,6-9,12H2,(H,22,23)/t14-,16+. The second-order valence-corrected chi connectivity index (χ2v) is 7.11. The average molecular weight is 325 g/mol. The Hall–Kier alpha value is -1.80. The van der Waals surface area contributed by atoms with E-state index in [1.165, 1.54) is 31.2 Å². The molecule has 0 spiro atoms. The van der Waals surface area contributed by atoms with E-state index in [0.717, 1.165) is 40.1 Å². The van der Waals surface area contributed by atoms with E-state index in [-0.39, 0.29) is 0 Å². The summed E-state index contributed by atoms with van der Waals surface area (Å²) in [6.07, 6.45) is 6.21. The molecule has 0 aliphatic heterocycles. The lowest BCUT2D eigenvalue weighted by Crippen LogP contribution is -2.15. The molecular formula is C20H21ClN2. The Morgan fingerprint density at radius 3 is 2.57 bits per heavy atom. The first-order valence-electron chi connectivity index (χ1n) is 8.47. The zero-order chi connectivity index (χ0) is 15.6. The fraction of sp³-hybridized carbons (Fsp3) is 0.350. The van der Waals surface area contributed by atoms with Gasteiger partial charge in [0, 0.05) is 11.4 Å². The van der Waals surface area contributed by atoms with Gasteiger partial charge in [-0.25, -0.2) is 4.98 Å². The number of nitrogens with one attached hydrogen (secondary N) is 1. The Balaban J connectivity index is 1.40. The van der Waals surface area contributed by atoms with Gasteiger partial charge in [-0.15, -0.1) is 0 Å². The van der Waals surface area contributed by atoms with Gasteiger partial charge in [-0.05, 0) is 61.3 Å². The maximum atomic E-state index is 6.04. The minimum absolute atomic E-state index is 0.738. The lowest BCUT2D eigenvalue weighted by atomic mass is 9.77. The molecule has 23 heavy (non-hydrogen) atoms. The Labute approximate surface area is 141 Å². The lowest BCUT2D eigenvalue weighted by Gasteiger charge is -2.28. The van der Waals surface area contributed by atoms with Gasteiger partial charge in [-0.1, -0.05) is 41.9 Å². The maximum absolute atomic E-state index is 6.04. The molecule has 0 saturated heterocycles. The van der Waals surface area contributed by atoms with Crippen LogP contribution >= 0.6 is 11.6 Å². The van der Waals surface area contributed by atoms with Gasteiger partial charge in [0.25, 0.3) is 0 Å². The number of fused-ring (bicyclic) bond motifs is 1. The monoisotopic (exact) mass is 324 g/mol. The molecule has 4 rings (SSSR count). The van der Waals surface area contributed by atoms with E-state index >= 15 is 0 Å². The molecule has 3 aromatic rings. The van der Waals surface area contributed by atoms with Crippen LogP contribution in [0.1, 0.15) is 43.0 Å². The van der Waals surface area contributed by atoms with Crippen molar-refractivity contribution in [2.75, 3.05) is 0 Å². The molecule has 0 bridgehead atoms. The molecule has 1 aromatic heterocycles. The molecule has 0 amide bonds. The van der Waals surface area contributed by atoms with Gasteiger partial charge >= 0.3 is 0 Å². The summed E-state index contributed by atoms with van der Waals surface area (Å²) in [4.78, 5) is 8.15. The first-order chi connectivity index (χ1) is 11.3. The highest BCUT2D eigenvalue weighted by atomic mass is 35.5. The summed E-state index contributed by atoms with van der Waals surface area (Å²) in [5, 5.41) is 0.749. The third-order valence-electron chi connectivity index (χ3n) is 5.09. The Kier molecular flexibility index (Phi) is 4.09. The van der Waals surface area contributed by atoms with Crippen molar-refractivity contribution >= 4 is 22.6 Å². The SMILES string of the molecule is Clc1ccc2[nH]c(C[C@H]3CC[C@@H](c4ccccc4)CC3)nc2c1. The van der Waals surface area contributed by atoms with E-state index in [9.17, 15) is 0 Å². The number of hydrogen-bond donors (Lipinski definition) is 1. The first-order valence-corrected chi connectivity index (χ1v) is 8.85. The molecular weight excluding hydrogens is 304 g/mol. The molecule has 3 heteroatoms. The summed E-state index contributed by atoms with van der Waals surface area (Å²) in [7, 11) is 0. The summed E-state index contributed by atoms with van der Waals surface area (Å²) in [5.74, 6) is 2.58. The van der Waals surface area contributed by atoms with Gasteiger partial charge in [0.1, 0.15) is 5.82 Å². The number of rotatable bonds is 3. The molecule has 1 N–H and O–H groups in total. The zero-order valence-electron chi connectivity index (χ0n) is 13.1. The van der Waals surface area contributed by atoms with Gasteiger partial charge in [0.15, 0.2) is 0 Å². The van der Waals surface area contributed by atoms with Crippen molar-refractivity contribution in [3.8, 4) is 0 Å². The van der Waals surface area contributed by atoms with Crippen LogP contribution in [0, 0.1) is 5.92 Å². The van der Waals surface area contributed by atoms with Crippen LogP contribution in [0.2, 0.25) is 5.02 Å². The fourth-order valence-corrected chi connectivity index (χ4v) is 3.99. The van der Waals surface area contributed by atoms with Crippen LogP contribution in [0.15, 0.2) is 48.5 Å². The third-order valence-corrected chi connectivity index (χ3v) is 5.33. The predicted octanol–water partition coefficient (Wildman–Crippen LogP) is 5.73. The fourth-order valence-electron chi connectivity index (χ4n) is 3.83. The van der Waals surface area contributed by atoms with E-state index in [2.05, 4.69) is 35.3 Å². The average Bonchev–Trinajstić information content (AvgIpc) is 2.97. The Morgan fingerprint density at radius 1 is 1.00 bits per heavy atom. The quantitative estimate of drug-likeness (QED) is 0.654. The summed E-state index contributed by atoms with van der Waals surface area (Å²) in [5.41, 5.74) is 3.57. The van der Waals surface area contributed by atoms with Crippen LogP contribution in [0.25, 0.3) is 11.0 Å². The van der Waals surface area contributed by atoms with Gasteiger partial charge in [0.2, 0.25) is 0 Å². The van der Waals surface area contributed by atoms with Gasteiger partial charge in [-0.2, -0.15) is 0 Å². The molecule has 0 atom stereocenters. The molecule has 118 valence electrons. The molecule has 1 saturated carbocycles. The number of imidazole rings is 1. The minimum atomic E-state index is 0.738. The van der Waals surface area contributed by atoms with Gasteiger partial charge in [-0.3, -0.25) is 0 Å². The number of nitrogens with zero attached hydrogens (tertiary/aromatic N) is 1. The number of H-pyrrole nitrogens is 1. The van der Waals surface area contributed by atoms with E-state index in [1.807, 2.05) is 18.2 Å². The van der Waals surface area contributed by atoms with Crippen LogP contribution in [-0.2, 0) is 6.42 Å². The normalized spacial score (nSPS) is 21.6. The molecule has 2 aromatic carbocycles. The largest absolute Gasteiger partial charge is 0.342 e. The number of hydrogen-bond acceptors (Lipinski definition) is 1. The van der Waals surface area contributed by atoms with Crippen LogP contribution in [-0.4, -0.2) is 9.97 Å². The Morgan fingerprint density at radius 2 is 1.78 bits per heavy atom. The number of halogens is 1. The molecule has 1 fully saturated rings. The highest BCUT2D eigenvalue weighted by Crippen LogP contribution is 2.36. The predicted molar refractivity (Wildman–Crippen MR) is 95.9 cm³/mol. The Bertz CT molecular complexity index is 786. The van der Waals surface area contributed by atoms with Crippen LogP contribution in [0.4, 0.5) is 0 Å².